The van der Waals surface area contributed by atoms with Crippen molar-refractivity contribution >= 4 is 33.5 Å². The van der Waals surface area contributed by atoms with Gasteiger partial charge in [-0.1, -0.05) is 50.2 Å². The van der Waals surface area contributed by atoms with E-state index in [1.54, 1.807) is 0 Å². The number of nitrogens with zero attached hydrogens (tertiary/aromatic N) is 3. The molecule has 0 spiro atoms. The zero-order valence-corrected chi connectivity index (χ0v) is 21.2. The molecule has 0 saturated carbocycles. The van der Waals surface area contributed by atoms with Gasteiger partial charge >= 0.3 is 0 Å². The number of carbonyl (C=O) groups excluding carboxylic acids is 2. The van der Waals surface area contributed by atoms with Crippen molar-refractivity contribution in [2.75, 3.05) is 39.8 Å². The molecular weight excluding hydrogens is 450 g/mol. The van der Waals surface area contributed by atoms with E-state index in [9.17, 15) is 9.59 Å². The number of hydrogen-bond donors (Lipinski definition) is 2. The van der Waals surface area contributed by atoms with Gasteiger partial charge in [0.2, 0.25) is 5.91 Å². The number of H-pyrrole nitrogens is 1. The Balaban J connectivity index is 0.00000130. The minimum Gasteiger partial charge on any atom is -0.357 e. The summed E-state index contributed by atoms with van der Waals surface area (Å²) in [6.45, 7) is 8.12. The van der Waals surface area contributed by atoms with Crippen LogP contribution in [0.1, 0.15) is 35.5 Å². The van der Waals surface area contributed by atoms with E-state index in [0.29, 0.717) is 13.0 Å². The first-order valence-corrected chi connectivity index (χ1v) is 12.8. The number of amides is 2. The van der Waals surface area contributed by atoms with Gasteiger partial charge in [0, 0.05) is 72.8 Å². The van der Waals surface area contributed by atoms with E-state index in [1.165, 1.54) is 0 Å². The van der Waals surface area contributed by atoms with Crippen molar-refractivity contribution in [3.63, 3.8) is 0 Å². The largest absolute Gasteiger partial charge is 0.357 e. The molecule has 186 valence electrons. The van der Waals surface area contributed by atoms with Gasteiger partial charge in [0.1, 0.15) is 0 Å². The summed E-state index contributed by atoms with van der Waals surface area (Å²) in [5.41, 5.74) is 5.63. The molecule has 2 aromatic heterocycles. The van der Waals surface area contributed by atoms with E-state index in [-0.39, 0.29) is 11.8 Å². The average molecular weight is 484 g/mol. The molecule has 0 bridgehead atoms. The summed E-state index contributed by atoms with van der Waals surface area (Å²) >= 11 is 0. The number of pyridine rings is 1. The van der Waals surface area contributed by atoms with E-state index in [2.05, 4.69) is 33.3 Å². The Hall–Kier alpha value is -3.71. The van der Waals surface area contributed by atoms with Crippen molar-refractivity contribution in [3.05, 3.63) is 65.5 Å². The zero-order valence-electron chi connectivity index (χ0n) is 21.2. The van der Waals surface area contributed by atoms with Crippen molar-refractivity contribution in [2.24, 2.45) is 0 Å². The Morgan fingerprint density at radius 3 is 2.50 bits per heavy atom. The SMILES string of the molecule is CC.CN1CCN(C(=O)Cc2ccc(-c3cc4c(ccc5c6c([nH]c54)CCNC6=O)cn3)cc2)CC1. The Labute approximate surface area is 211 Å². The maximum atomic E-state index is 12.7. The second-order valence-electron chi connectivity index (χ2n) is 9.32. The first-order valence-electron chi connectivity index (χ1n) is 12.8. The van der Waals surface area contributed by atoms with E-state index in [1.807, 2.05) is 61.3 Å². The van der Waals surface area contributed by atoms with Crippen LogP contribution in [0.3, 0.4) is 0 Å². The summed E-state index contributed by atoms with van der Waals surface area (Å²) in [5, 5.41) is 5.98. The number of hydrogen-bond acceptors (Lipinski definition) is 4. The molecule has 0 aliphatic carbocycles. The van der Waals surface area contributed by atoms with Crippen LogP contribution in [-0.4, -0.2) is 71.4 Å². The molecule has 36 heavy (non-hydrogen) atoms. The standard InChI is InChI=1S/C27H27N5O2.C2H6/c1-31-10-12-32(13-11-31)24(33)14-17-2-4-18(5-3-17)23-15-21-19(16-29-23)6-7-20-25-22(30-26(20)21)8-9-28-27(25)34;1-2/h2-7,15-16,30H,8-14H2,1H3,(H,28,34);1-2H3. The van der Waals surface area contributed by atoms with Crippen molar-refractivity contribution in [1.29, 1.82) is 0 Å². The number of rotatable bonds is 3. The molecule has 0 radical (unpaired) electrons. The van der Waals surface area contributed by atoms with E-state index >= 15 is 0 Å². The lowest BCUT2D eigenvalue weighted by atomic mass is 10.0. The quantitative estimate of drug-likeness (QED) is 0.461. The monoisotopic (exact) mass is 483 g/mol. The molecule has 1 fully saturated rings. The highest BCUT2D eigenvalue weighted by molar-refractivity contribution is 6.16. The van der Waals surface area contributed by atoms with Crippen LogP contribution in [0.2, 0.25) is 0 Å². The third-order valence-electron chi connectivity index (χ3n) is 7.10. The van der Waals surface area contributed by atoms with Crippen molar-refractivity contribution in [2.45, 2.75) is 26.7 Å². The van der Waals surface area contributed by atoms with Crippen LogP contribution in [0.15, 0.2) is 48.7 Å². The normalized spacial score (nSPS) is 15.9. The molecule has 4 aromatic rings. The minimum atomic E-state index is -0.0113. The first-order chi connectivity index (χ1) is 17.6. The molecule has 0 atom stereocenters. The summed E-state index contributed by atoms with van der Waals surface area (Å²) < 4.78 is 0. The van der Waals surface area contributed by atoms with Gasteiger partial charge in [-0.25, -0.2) is 0 Å². The Morgan fingerprint density at radius 2 is 1.75 bits per heavy atom. The van der Waals surface area contributed by atoms with Gasteiger partial charge in [0.25, 0.3) is 5.91 Å². The number of nitrogens with one attached hydrogen (secondary N) is 2. The van der Waals surface area contributed by atoms with Gasteiger partial charge in [0.15, 0.2) is 0 Å². The predicted molar refractivity (Wildman–Crippen MR) is 144 cm³/mol. The molecule has 2 aliphatic heterocycles. The molecule has 7 heteroatoms. The van der Waals surface area contributed by atoms with Crippen LogP contribution in [0.5, 0.6) is 0 Å². The van der Waals surface area contributed by atoms with Crippen LogP contribution in [0, 0.1) is 0 Å². The predicted octanol–water partition coefficient (Wildman–Crippen LogP) is 4.01. The maximum Gasteiger partial charge on any atom is 0.253 e. The number of piperazine rings is 1. The second kappa shape index (κ2) is 10.1. The summed E-state index contributed by atoms with van der Waals surface area (Å²) in [4.78, 5) is 37.5. The summed E-state index contributed by atoms with van der Waals surface area (Å²) in [5.74, 6) is 0.176. The molecule has 2 N–H and O–H groups in total. The maximum absolute atomic E-state index is 12.7. The summed E-state index contributed by atoms with van der Waals surface area (Å²) in [6, 6.07) is 14.2. The van der Waals surface area contributed by atoms with E-state index < -0.39 is 0 Å². The number of likely N-dealkylation sites (N-methyl/N-ethyl adjacent to an activating group) is 1. The van der Waals surface area contributed by atoms with E-state index in [0.717, 1.165) is 82.4 Å². The molecule has 2 aromatic carbocycles. The molecule has 7 nitrogen and oxygen atoms in total. The number of aromatic amines is 1. The summed E-state index contributed by atoms with van der Waals surface area (Å²) in [6.07, 6.45) is 3.12. The van der Waals surface area contributed by atoms with Gasteiger partial charge < -0.3 is 20.1 Å². The topological polar surface area (TPSA) is 81.3 Å². The van der Waals surface area contributed by atoms with Crippen molar-refractivity contribution in [1.82, 2.24) is 25.1 Å². The fourth-order valence-corrected chi connectivity index (χ4v) is 5.07. The molecule has 6 rings (SSSR count). The lowest BCUT2D eigenvalue weighted by Crippen LogP contribution is -2.47. The molecular formula is C29H33N5O2. The molecule has 4 heterocycles. The lowest BCUT2D eigenvalue weighted by molar-refractivity contribution is -0.132. The van der Waals surface area contributed by atoms with Crippen LogP contribution in [-0.2, 0) is 17.6 Å². The number of benzene rings is 2. The van der Waals surface area contributed by atoms with Crippen LogP contribution >= 0.6 is 0 Å². The Bertz CT molecular complexity index is 1420. The van der Waals surface area contributed by atoms with Crippen LogP contribution < -0.4 is 5.32 Å². The highest BCUT2D eigenvalue weighted by atomic mass is 16.2. The fraction of sp³-hybridized carbons (Fsp3) is 0.345. The third-order valence-corrected chi connectivity index (χ3v) is 7.10. The number of carbonyl (C=O) groups is 2. The van der Waals surface area contributed by atoms with Crippen molar-refractivity contribution < 1.29 is 9.59 Å². The molecule has 1 saturated heterocycles. The Morgan fingerprint density at radius 1 is 1.00 bits per heavy atom. The highest BCUT2D eigenvalue weighted by Gasteiger charge is 2.23. The second-order valence-corrected chi connectivity index (χ2v) is 9.32. The fourth-order valence-electron chi connectivity index (χ4n) is 5.07. The third kappa shape index (κ3) is 4.46. The average Bonchev–Trinajstić information content (AvgIpc) is 3.31. The molecule has 2 amide bonds. The first kappa shape index (κ1) is 24.0. The van der Waals surface area contributed by atoms with Gasteiger partial charge in [-0.15, -0.1) is 0 Å². The van der Waals surface area contributed by atoms with Gasteiger partial charge in [-0.2, -0.15) is 0 Å². The van der Waals surface area contributed by atoms with Gasteiger partial charge in [-0.3, -0.25) is 14.6 Å². The van der Waals surface area contributed by atoms with Crippen LogP contribution in [0.4, 0.5) is 0 Å². The zero-order chi connectivity index (χ0) is 25.2. The van der Waals surface area contributed by atoms with Gasteiger partial charge in [0.05, 0.1) is 23.2 Å². The van der Waals surface area contributed by atoms with E-state index in [4.69, 9.17) is 0 Å². The van der Waals surface area contributed by atoms with Crippen LogP contribution in [0.25, 0.3) is 32.9 Å². The lowest BCUT2D eigenvalue weighted by Gasteiger charge is -2.32. The number of aromatic nitrogens is 2. The minimum absolute atomic E-state index is 0.0113. The van der Waals surface area contributed by atoms with Crippen molar-refractivity contribution in [3.8, 4) is 11.3 Å². The number of fused-ring (bicyclic) bond motifs is 5. The Kier molecular flexibility index (Phi) is 6.74. The molecule has 0 unspecified atom stereocenters. The van der Waals surface area contributed by atoms with Gasteiger partial charge in [-0.05, 0) is 18.7 Å². The molecule has 2 aliphatic rings. The summed E-state index contributed by atoms with van der Waals surface area (Å²) in [7, 11) is 2.09. The smallest absolute Gasteiger partial charge is 0.253 e. The highest BCUT2D eigenvalue weighted by Crippen LogP contribution is 2.32.